The van der Waals surface area contributed by atoms with E-state index < -0.39 is 18.0 Å². The van der Waals surface area contributed by atoms with Crippen LogP contribution in [-0.2, 0) is 25.5 Å². The van der Waals surface area contributed by atoms with E-state index in [0.717, 1.165) is 0 Å². The number of nitrogens with zero attached hydrogens (tertiary/aromatic N) is 1. The van der Waals surface area contributed by atoms with Crippen LogP contribution in [0.2, 0.25) is 0 Å². The normalized spacial score (nSPS) is 11.4. The minimum absolute atomic E-state index is 0.0316. The van der Waals surface area contributed by atoms with Crippen LogP contribution in [-0.4, -0.2) is 42.7 Å². The number of amides is 1. The van der Waals surface area contributed by atoms with Crippen LogP contribution in [0.5, 0.6) is 5.75 Å². The zero-order valence-electron chi connectivity index (χ0n) is 15.9. The molecule has 2 aromatic rings. The van der Waals surface area contributed by atoms with Gasteiger partial charge in [-0.25, -0.2) is 9.78 Å². The van der Waals surface area contributed by atoms with Gasteiger partial charge >= 0.3 is 11.9 Å². The van der Waals surface area contributed by atoms with Crippen LogP contribution in [0.15, 0.2) is 29.6 Å². The molecule has 1 aromatic heterocycles. The van der Waals surface area contributed by atoms with E-state index in [2.05, 4.69) is 10.3 Å². The highest BCUT2D eigenvalue weighted by Crippen LogP contribution is 2.18. The van der Waals surface area contributed by atoms with E-state index in [-0.39, 0.29) is 12.4 Å². The molecule has 1 unspecified atom stereocenters. The van der Waals surface area contributed by atoms with Gasteiger partial charge in [-0.2, -0.15) is 0 Å². The quantitative estimate of drug-likeness (QED) is 0.639. The summed E-state index contributed by atoms with van der Waals surface area (Å²) < 4.78 is 15.2. The largest absolute Gasteiger partial charge is 0.497 e. The molecule has 0 saturated heterocycles. The maximum absolute atomic E-state index is 12.4. The predicted octanol–water partition coefficient (Wildman–Crippen LogP) is 2.83. The van der Waals surface area contributed by atoms with Gasteiger partial charge < -0.3 is 14.2 Å². The molecule has 9 heteroatoms. The molecule has 0 saturated carbocycles. The van der Waals surface area contributed by atoms with Gasteiger partial charge in [-0.1, -0.05) is 6.92 Å². The van der Waals surface area contributed by atoms with Gasteiger partial charge in [0.15, 0.2) is 11.2 Å². The zero-order chi connectivity index (χ0) is 20.5. The number of rotatable bonds is 9. The first kappa shape index (κ1) is 21.4. The molecule has 1 N–H and O–H groups in total. The first-order valence-corrected chi connectivity index (χ1v) is 9.60. The van der Waals surface area contributed by atoms with Crippen molar-refractivity contribution in [3.05, 3.63) is 40.9 Å². The molecule has 1 heterocycles. The van der Waals surface area contributed by atoms with Crippen molar-refractivity contribution in [3.8, 4) is 5.75 Å². The Balaban J connectivity index is 1.94. The van der Waals surface area contributed by atoms with Crippen LogP contribution in [0.25, 0.3) is 0 Å². The average molecular weight is 406 g/mol. The lowest BCUT2D eigenvalue weighted by Crippen LogP contribution is -2.32. The van der Waals surface area contributed by atoms with E-state index in [1.165, 1.54) is 18.4 Å². The molecular weight excluding hydrogens is 384 g/mol. The molecule has 28 heavy (non-hydrogen) atoms. The maximum Gasteiger partial charge on any atom is 0.338 e. The van der Waals surface area contributed by atoms with Gasteiger partial charge in [-0.15, -0.1) is 11.3 Å². The number of thiazole rings is 1. The molecule has 150 valence electrons. The Morgan fingerprint density at radius 3 is 2.50 bits per heavy atom. The first-order chi connectivity index (χ1) is 13.5. The molecule has 0 aliphatic heterocycles. The monoisotopic (exact) mass is 406 g/mol. The predicted molar refractivity (Wildman–Crippen MR) is 104 cm³/mol. The summed E-state index contributed by atoms with van der Waals surface area (Å²) in [4.78, 5) is 40.3. The van der Waals surface area contributed by atoms with E-state index in [1.54, 1.807) is 43.5 Å². The SMILES string of the molecule is CCOC(=O)Cc1csc(NC(=O)C(CC)OC(=O)c2ccc(OC)cc2)n1. The number of aromatic nitrogens is 1. The average Bonchev–Trinajstić information content (AvgIpc) is 3.12. The van der Waals surface area contributed by atoms with Crippen molar-refractivity contribution in [3.63, 3.8) is 0 Å². The second-order valence-electron chi connectivity index (χ2n) is 5.65. The van der Waals surface area contributed by atoms with Crippen LogP contribution in [0.3, 0.4) is 0 Å². The van der Waals surface area contributed by atoms with E-state index in [9.17, 15) is 14.4 Å². The third-order valence-corrected chi connectivity index (χ3v) is 4.46. The lowest BCUT2D eigenvalue weighted by Gasteiger charge is -2.15. The van der Waals surface area contributed by atoms with Crippen LogP contribution in [0.1, 0.15) is 36.3 Å². The Hall–Kier alpha value is -2.94. The number of methoxy groups -OCH3 is 1. The van der Waals surface area contributed by atoms with Gasteiger partial charge in [-0.3, -0.25) is 14.9 Å². The topological polar surface area (TPSA) is 104 Å². The number of benzene rings is 1. The summed E-state index contributed by atoms with van der Waals surface area (Å²) >= 11 is 1.18. The molecule has 0 radical (unpaired) electrons. The summed E-state index contributed by atoms with van der Waals surface area (Å²) in [5.41, 5.74) is 0.819. The minimum Gasteiger partial charge on any atom is -0.497 e. The van der Waals surface area contributed by atoms with Gasteiger partial charge in [0.1, 0.15) is 5.75 Å². The molecule has 1 aromatic carbocycles. The van der Waals surface area contributed by atoms with E-state index in [4.69, 9.17) is 14.2 Å². The summed E-state index contributed by atoms with van der Waals surface area (Å²) in [5, 5.41) is 4.60. The number of carbonyl (C=O) groups is 3. The van der Waals surface area contributed by atoms with Crippen LogP contribution < -0.4 is 10.1 Å². The summed E-state index contributed by atoms with van der Waals surface area (Å²) in [6.07, 6.45) is -0.634. The van der Waals surface area contributed by atoms with Gasteiger partial charge in [0, 0.05) is 5.38 Å². The molecule has 0 spiro atoms. The summed E-state index contributed by atoms with van der Waals surface area (Å²) in [7, 11) is 1.53. The van der Waals surface area contributed by atoms with Gasteiger partial charge in [0.2, 0.25) is 0 Å². The van der Waals surface area contributed by atoms with Crippen LogP contribution in [0, 0.1) is 0 Å². The lowest BCUT2D eigenvalue weighted by molar-refractivity contribution is -0.142. The van der Waals surface area contributed by atoms with Gasteiger partial charge in [0.05, 0.1) is 31.4 Å². The minimum atomic E-state index is -0.966. The number of esters is 2. The lowest BCUT2D eigenvalue weighted by atomic mass is 10.2. The molecule has 0 aliphatic carbocycles. The summed E-state index contributed by atoms with van der Waals surface area (Å²) in [6.45, 7) is 3.76. The third kappa shape index (κ3) is 6.05. The number of ether oxygens (including phenoxy) is 3. The third-order valence-electron chi connectivity index (χ3n) is 3.65. The van der Waals surface area contributed by atoms with Crippen molar-refractivity contribution >= 4 is 34.3 Å². The molecule has 1 amide bonds. The van der Waals surface area contributed by atoms with E-state index >= 15 is 0 Å². The fraction of sp³-hybridized carbons (Fsp3) is 0.368. The van der Waals surface area contributed by atoms with Crippen molar-refractivity contribution in [2.24, 2.45) is 0 Å². The van der Waals surface area contributed by atoms with Crippen LogP contribution >= 0.6 is 11.3 Å². The fourth-order valence-corrected chi connectivity index (χ4v) is 2.95. The standard InChI is InChI=1S/C19H22N2O6S/c1-4-15(27-18(24)12-6-8-14(25-3)9-7-12)17(23)21-19-20-13(11-28-19)10-16(22)26-5-2/h6-9,11,15H,4-5,10H2,1-3H3,(H,20,21,23). The Morgan fingerprint density at radius 2 is 1.89 bits per heavy atom. The van der Waals surface area contributed by atoms with E-state index in [0.29, 0.717) is 35.2 Å². The van der Waals surface area contributed by atoms with Gasteiger partial charge in [0.25, 0.3) is 5.91 Å². The fourth-order valence-electron chi connectivity index (χ4n) is 2.24. The zero-order valence-corrected chi connectivity index (χ0v) is 16.7. The highest BCUT2D eigenvalue weighted by molar-refractivity contribution is 7.13. The van der Waals surface area contributed by atoms with Crippen LogP contribution in [0.4, 0.5) is 5.13 Å². The molecule has 2 rings (SSSR count). The molecular formula is C19H22N2O6S. The molecule has 1 atom stereocenters. The summed E-state index contributed by atoms with van der Waals surface area (Å²) in [6, 6.07) is 6.40. The molecule has 8 nitrogen and oxygen atoms in total. The van der Waals surface area contributed by atoms with Crippen molar-refractivity contribution in [2.75, 3.05) is 19.0 Å². The molecule has 0 fully saturated rings. The molecule has 0 aliphatic rings. The highest BCUT2D eigenvalue weighted by atomic mass is 32.1. The number of anilines is 1. The van der Waals surface area contributed by atoms with Crippen molar-refractivity contribution in [1.29, 1.82) is 0 Å². The van der Waals surface area contributed by atoms with Gasteiger partial charge in [-0.05, 0) is 37.6 Å². The number of carbonyl (C=O) groups excluding carboxylic acids is 3. The first-order valence-electron chi connectivity index (χ1n) is 8.72. The Labute approximate surface area is 166 Å². The highest BCUT2D eigenvalue weighted by Gasteiger charge is 2.23. The summed E-state index contributed by atoms with van der Waals surface area (Å²) in [5.74, 6) is -0.859. The number of nitrogens with one attached hydrogen (secondary N) is 1. The van der Waals surface area contributed by atoms with Crippen molar-refractivity contribution in [1.82, 2.24) is 4.98 Å². The second-order valence-corrected chi connectivity index (χ2v) is 6.50. The molecule has 0 bridgehead atoms. The Bertz CT molecular complexity index is 818. The Morgan fingerprint density at radius 1 is 1.18 bits per heavy atom. The smallest absolute Gasteiger partial charge is 0.338 e. The number of hydrogen-bond acceptors (Lipinski definition) is 8. The van der Waals surface area contributed by atoms with Crippen molar-refractivity contribution < 1.29 is 28.6 Å². The second kappa shape index (κ2) is 10.4. The van der Waals surface area contributed by atoms with Crippen molar-refractivity contribution in [2.45, 2.75) is 32.8 Å². The maximum atomic E-state index is 12.4. The number of hydrogen-bond donors (Lipinski definition) is 1. The van der Waals surface area contributed by atoms with E-state index in [1.807, 2.05) is 0 Å². The Kier molecular flexibility index (Phi) is 7.94.